The van der Waals surface area contributed by atoms with Gasteiger partial charge in [0.25, 0.3) is 0 Å². The van der Waals surface area contributed by atoms with Crippen molar-refractivity contribution in [1.29, 1.82) is 0 Å². The molecule has 1 heterocycles. The number of hydrogen-bond donors (Lipinski definition) is 0. The molecule has 30 heavy (non-hydrogen) atoms. The Bertz CT molecular complexity index is 1020. The number of carbonyl (C=O) groups excluding carboxylic acids is 3. The highest BCUT2D eigenvalue weighted by atomic mass is 16.5. The number of benzene rings is 2. The zero-order valence-corrected chi connectivity index (χ0v) is 17.1. The molecule has 0 radical (unpaired) electrons. The number of ether oxygens (including phenoxy) is 1. The largest absolute Gasteiger partial charge is 0.457 e. The highest BCUT2D eigenvalue weighted by Gasteiger charge is 2.29. The van der Waals surface area contributed by atoms with E-state index in [0.717, 1.165) is 30.4 Å². The Balaban J connectivity index is 1.41. The van der Waals surface area contributed by atoms with Crippen molar-refractivity contribution >= 4 is 23.7 Å². The van der Waals surface area contributed by atoms with E-state index in [0.29, 0.717) is 5.56 Å². The predicted molar refractivity (Wildman–Crippen MR) is 114 cm³/mol. The smallest absolute Gasteiger partial charge is 0.308 e. The molecule has 0 aromatic heterocycles. The number of esters is 1. The molecule has 0 fully saturated rings. The van der Waals surface area contributed by atoms with Crippen molar-refractivity contribution in [2.75, 3.05) is 6.61 Å². The SMILES string of the molecule is CC(=O)N1C=Cc2ccccc2[C@H]1CC(=O)OCC(=O)c1ccc2c(c1)CCCC2. The number of fused-ring (bicyclic) bond motifs is 2. The minimum atomic E-state index is -0.498. The Kier molecular flexibility index (Phi) is 5.79. The minimum absolute atomic E-state index is 0.00159. The van der Waals surface area contributed by atoms with Crippen LogP contribution in [0.5, 0.6) is 0 Å². The van der Waals surface area contributed by atoms with E-state index in [2.05, 4.69) is 0 Å². The topological polar surface area (TPSA) is 63.7 Å². The van der Waals surface area contributed by atoms with Gasteiger partial charge in [-0.1, -0.05) is 36.4 Å². The molecule has 1 aliphatic carbocycles. The molecule has 1 atom stereocenters. The van der Waals surface area contributed by atoms with Gasteiger partial charge in [0.15, 0.2) is 12.4 Å². The molecule has 5 nitrogen and oxygen atoms in total. The van der Waals surface area contributed by atoms with E-state index < -0.39 is 12.0 Å². The molecule has 2 aromatic carbocycles. The van der Waals surface area contributed by atoms with Crippen LogP contribution in [-0.4, -0.2) is 29.2 Å². The number of aryl methyl sites for hydroxylation is 2. The summed E-state index contributed by atoms with van der Waals surface area (Å²) in [4.78, 5) is 38.6. The van der Waals surface area contributed by atoms with Gasteiger partial charge in [-0.2, -0.15) is 0 Å². The Morgan fingerprint density at radius 3 is 2.60 bits per heavy atom. The van der Waals surface area contributed by atoms with Crippen LogP contribution in [0, 0.1) is 0 Å². The molecule has 4 rings (SSSR count). The zero-order chi connectivity index (χ0) is 21.1. The summed E-state index contributed by atoms with van der Waals surface area (Å²) in [7, 11) is 0. The van der Waals surface area contributed by atoms with Crippen LogP contribution < -0.4 is 0 Å². The quantitative estimate of drug-likeness (QED) is 0.553. The summed E-state index contributed by atoms with van der Waals surface area (Å²) >= 11 is 0. The lowest BCUT2D eigenvalue weighted by Crippen LogP contribution is -2.32. The minimum Gasteiger partial charge on any atom is -0.457 e. The van der Waals surface area contributed by atoms with Crippen molar-refractivity contribution in [3.05, 3.63) is 76.5 Å². The van der Waals surface area contributed by atoms with Gasteiger partial charge in [-0.05, 0) is 60.1 Å². The van der Waals surface area contributed by atoms with Crippen LogP contribution in [0.15, 0.2) is 48.7 Å². The lowest BCUT2D eigenvalue weighted by molar-refractivity contribution is -0.144. The third-order valence-electron chi connectivity index (χ3n) is 5.86. The summed E-state index contributed by atoms with van der Waals surface area (Å²) < 4.78 is 5.30. The summed E-state index contributed by atoms with van der Waals surface area (Å²) in [5.41, 5.74) is 4.98. The van der Waals surface area contributed by atoms with Crippen LogP contribution in [0.4, 0.5) is 0 Å². The van der Waals surface area contributed by atoms with Crippen molar-refractivity contribution in [2.45, 2.75) is 45.1 Å². The fraction of sp³-hybridized carbons (Fsp3) is 0.320. The number of hydrogen-bond acceptors (Lipinski definition) is 4. The van der Waals surface area contributed by atoms with Crippen molar-refractivity contribution in [3.63, 3.8) is 0 Å². The number of amides is 1. The maximum atomic E-state index is 12.5. The maximum absolute atomic E-state index is 12.5. The van der Waals surface area contributed by atoms with Crippen LogP contribution in [0.1, 0.15) is 64.8 Å². The maximum Gasteiger partial charge on any atom is 0.308 e. The number of carbonyl (C=O) groups is 3. The monoisotopic (exact) mass is 403 g/mol. The lowest BCUT2D eigenvalue weighted by Gasteiger charge is -2.32. The fourth-order valence-corrected chi connectivity index (χ4v) is 4.27. The Labute approximate surface area is 176 Å². The fourth-order valence-electron chi connectivity index (χ4n) is 4.27. The molecule has 5 heteroatoms. The van der Waals surface area contributed by atoms with Crippen LogP contribution >= 0.6 is 0 Å². The number of rotatable bonds is 5. The Morgan fingerprint density at radius 1 is 1.03 bits per heavy atom. The van der Waals surface area contributed by atoms with Crippen LogP contribution in [0.25, 0.3) is 6.08 Å². The molecule has 0 unspecified atom stereocenters. The molecule has 1 aliphatic heterocycles. The van der Waals surface area contributed by atoms with Crippen LogP contribution in [0.3, 0.4) is 0 Å². The second-order valence-corrected chi connectivity index (χ2v) is 7.87. The highest BCUT2D eigenvalue weighted by Crippen LogP contribution is 2.33. The molecule has 154 valence electrons. The van der Waals surface area contributed by atoms with E-state index in [1.807, 2.05) is 48.5 Å². The zero-order valence-electron chi connectivity index (χ0n) is 17.1. The second kappa shape index (κ2) is 8.66. The van der Waals surface area contributed by atoms with Gasteiger partial charge in [-0.25, -0.2) is 0 Å². The van der Waals surface area contributed by atoms with Gasteiger partial charge >= 0.3 is 5.97 Å². The van der Waals surface area contributed by atoms with E-state index in [4.69, 9.17) is 4.74 Å². The van der Waals surface area contributed by atoms with Gasteiger partial charge in [0, 0.05) is 18.7 Å². The van der Waals surface area contributed by atoms with Gasteiger partial charge < -0.3 is 9.64 Å². The van der Waals surface area contributed by atoms with Crippen molar-refractivity contribution in [1.82, 2.24) is 4.90 Å². The van der Waals surface area contributed by atoms with Gasteiger partial charge in [0.2, 0.25) is 5.91 Å². The average molecular weight is 403 g/mol. The van der Waals surface area contributed by atoms with E-state index in [1.165, 1.54) is 29.4 Å². The first-order chi connectivity index (χ1) is 14.5. The molecule has 0 saturated heterocycles. The summed E-state index contributed by atoms with van der Waals surface area (Å²) in [6.45, 7) is 1.18. The predicted octanol–water partition coefficient (Wildman–Crippen LogP) is 4.26. The lowest BCUT2D eigenvalue weighted by atomic mass is 9.90. The van der Waals surface area contributed by atoms with Gasteiger partial charge in [0.1, 0.15) is 0 Å². The van der Waals surface area contributed by atoms with E-state index in [9.17, 15) is 14.4 Å². The normalized spacial score (nSPS) is 17.1. The molecule has 0 saturated carbocycles. The van der Waals surface area contributed by atoms with Gasteiger partial charge in [0.05, 0.1) is 12.5 Å². The molecule has 1 amide bonds. The Morgan fingerprint density at radius 2 is 1.80 bits per heavy atom. The molecule has 2 aromatic rings. The second-order valence-electron chi connectivity index (χ2n) is 7.87. The van der Waals surface area contributed by atoms with E-state index in [-0.39, 0.29) is 24.7 Å². The summed E-state index contributed by atoms with van der Waals surface area (Å²) in [6, 6.07) is 13.0. The Hall–Kier alpha value is -3.21. The molecule has 0 spiro atoms. The van der Waals surface area contributed by atoms with Crippen LogP contribution in [-0.2, 0) is 27.2 Å². The van der Waals surface area contributed by atoms with Gasteiger partial charge in [-0.3, -0.25) is 14.4 Å². The third-order valence-corrected chi connectivity index (χ3v) is 5.86. The molecular weight excluding hydrogens is 378 g/mol. The van der Waals surface area contributed by atoms with Gasteiger partial charge in [-0.15, -0.1) is 0 Å². The van der Waals surface area contributed by atoms with Crippen molar-refractivity contribution in [2.24, 2.45) is 0 Å². The van der Waals surface area contributed by atoms with Crippen molar-refractivity contribution in [3.8, 4) is 0 Å². The highest BCUT2D eigenvalue weighted by molar-refractivity contribution is 5.98. The third kappa shape index (κ3) is 4.20. The molecule has 0 N–H and O–H groups in total. The number of nitrogens with zero attached hydrogens (tertiary/aromatic N) is 1. The summed E-state index contributed by atoms with van der Waals surface area (Å²) in [6.07, 6.45) is 7.93. The molecule has 0 bridgehead atoms. The first-order valence-corrected chi connectivity index (χ1v) is 10.4. The standard InChI is InChI=1S/C25H25NO4/c1-17(27)26-13-12-19-7-4-5-9-22(19)23(26)15-25(29)30-16-24(28)21-11-10-18-6-2-3-8-20(18)14-21/h4-5,7,9-14,23H,2-3,6,8,15-16H2,1H3/t23-/m1/s1. The van der Waals surface area contributed by atoms with Crippen molar-refractivity contribution < 1.29 is 19.1 Å². The van der Waals surface area contributed by atoms with E-state index in [1.54, 1.807) is 6.20 Å². The first kappa shape index (κ1) is 20.1. The number of Topliss-reactive ketones (excluding diaryl/α,β-unsaturated/α-hetero) is 1. The number of ketones is 1. The van der Waals surface area contributed by atoms with E-state index >= 15 is 0 Å². The average Bonchev–Trinajstić information content (AvgIpc) is 2.77. The molecule has 2 aliphatic rings. The summed E-state index contributed by atoms with van der Waals surface area (Å²) in [5.74, 6) is -0.851. The summed E-state index contributed by atoms with van der Waals surface area (Å²) in [5, 5.41) is 0. The van der Waals surface area contributed by atoms with Crippen LogP contribution in [0.2, 0.25) is 0 Å². The first-order valence-electron chi connectivity index (χ1n) is 10.4. The molecular formula is C25H25NO4.